The molecule has 0 aliphatic carbocycles. The standard InChI is InChI=1S/C12H14BrN3S/c1-2-14-7-11-8-17-12(16-11)15-10-5-3-4-9(13)6-10/h3-6,8,14H,2,7H2,1H3,(H,15,16). The maximum Gasteiger partial charge on any atom is 0.187 e. The number of rotatable bonds is 5. The molecule has 0 spiro atoms. The van der Waals surface area contributed by atoms with Gasteiger partial charge in [-0.1, -0.05) is 28.9 Å². The van der Waals surface area contributed by atoms with Gasteiger partial charge in [-0.3, -0.25) is 0 Å². The lowest BCUT2D eigenvalue weighted by molar-refractivity contribution is 0.715. The van der Waals surface area contributed by atoms with Gasteiger partial charge < -0.3 is 10.6 Å². The number of benzene rings is 1. The molecule has 0 radical (unpaired) electrons. The Morgan fingerprint density at radius 3 is 3.06 bits per heavy atom. The predicted molar refractivity (Wildman–Crippen MR) is 76.9 cm³/mol. The van der Waals surface area contributed by atoms with Crippen LogP contribution in [0.2, 0.25) is 0 Å². The summed E-state index contributed by atoms with van der Waals surface area (Å²) in [5.41, 5.74) is 2.12. The van der Waals surface area contributed by atoms with Crippen LogP contribution in [0, 0.1) is 0 Å². The average Bonchev–Trinajstić information content (AvgIpc) is 2.74. The van der Waals surface area contributed by atoms with Crippen molar-refractivity contribution < 1.29 is 0 Å². The van der Waals surface area contributed by atoms with Gasteiger partial charge in [0, 0.05) is 22.1 Å². The Morgan fingerprint density at radius 1 is 1.41 bits per heavy atom. The number of thiazole rings is 1. The zero-order valence-corrected chi connectivity index (χ0v) is 11.9. The smallest absolute Gasteiger partial charge is 0.187 e. The summed E-state index contributed by atoms with van der Waals surface area (Å²) < 4.78 is 1.06. The Bertz CT molecular complexity index is 484. The first-order chi connectivity index (χ1) is 8.28. The van der Waals surface area contributed by atoms with Crippen molar-refractivity contribution in [1.29, 1.82) is 0 Å². The molecule has 0 atom stereocenters. The summed E-state index contributed by atoms with van der Waals surface area (Å²) >= 11 is 5.07. The third kappa shape index (κ3) is 3.80. The molecule has 0 aliphatic heterocycles. The predicted octanol–water partition coefficient (Wildman–Crippen LogP) is 3.76. The van der Waals surface area contributed by atoms with Crippen LogP contribution in [0.15, 0.2) is 34.1 Å². The molecule has 90 valence electrons. The Morgan fingerprint density at radius 2 is 2.29 bits per heavy atom. The number of hydrogen-bond donors (Lipinski definition) is 2. The zero-order chi connectivity index (χ0) is 12.1. The SMILES string of the molecule is CCNCc1csc(Nc2cccc(Br)c2)n1. The van der Waals surface area contributed by atoms with Crippen LogP contribution in [-0.4, -0.2) is 11.5 Å². The van der Waals surface area contributed by atoms with Crippen LogP contribution in [0.25, 0.3) is 0 Å². The van der Waals surface area contributed by atoms with Gasteiger partial charge in [0.05, 0.1) is 5.69 Å². The fourth-order valence-electron chi connectivity index (χ4n) is 1.39. The van der Waals surface area contributed by atoms with Gasteiger partial charge in [0.25, 0.3) is 0 Å². The van der Waals surface area contributed by atoms with Gasteiger partial charge in [0.15, 0.2) is 5.13 Å². The highest BCUT2D eigenvalue weighted by atomic mass is 79.9. The van der Waals surface area contributed by atoms with E-state index in [1.807, 2.05) is 24.3 Å². The zero-order valence-electron chi connectivity index (χ0n) is 9.53. The molecule has 2 rings (SSSR count). The fourth-order valence-corrected chi connectivity index (χ4v) is 2.52. The first kappa shape index (κ1) is 12.5. The van der Waals surface area contributed by atoms with Crippen molar-refractivity contribution in [2.75, 3.05) is 11.9 Å². The van der Waals surface area contributed by atoms with Crippen molar-refractivity contribution in [3.63, 3.8) is 0 Å². The largest absolute Gasteiger partial charge is 0.332 e. The van der Waals surface area contributed by atoms with E-state index in [0.717, 1.165) is 34.1 Å². The molecule has 3 nitrogen and oxygen atoms in total. The normalized spacial score (nSPS) is 10.5. The second-order valence-corrected chi connectivity index (χ2v) is 5.33. The molecule has 0 saturated carbocycles. The number of nitrogens with zero attached hydrogens (tertiary/aromatic N) is 1. The van der Waals surface area contributed by atoms with Gasteiger partial charge in [-0.15, -0.1) is 11.3 Å². The molecule has 2 N–H and O–H groups in total. The summed E-state index contributed by atoms with van der Waals surface area (Å²) in [5, 5.41) is 9.55. The van der Waals surface area contributed by atoms with E-state index in [0.29, 0.717) is 0 Å². The topological polar surface area (TPSA) is 37.0 Å². The average molecular weight is 312 g/mol. The molecule has 1 aromatic heterocycles. The number of nitrogens with one attached hydrogen (secondary N) is 2. The first-order valence-electron chi connectivity index (χ1n) is 5.45. The number of halogens is 1. The van der Waals surface area contributed by atoms with Crippen molar-refractivity contribution in [3.05, 3.63) is 39.8 Å². The van der Waals surface area contributed by atoms with Gasteiger partial charge in [-0.2, -0.15) is 0 Å². The van der Waals surface area contributed by atoms with Crippen LogP contribution in [0.3, 0.4) is 0 Å². The van der Waals surface area contributed by atoms with Crippen LogP contribution in [0.4, 0.5) is 10.8 Å². The van der Waals surface area contributed by atoms with E-state index in [-0.39, 0.29) is 0 Å². The minimum Gasteiger partial charge on any atom is -0.332 e. The quantitative estimate of drug-likeness (QED) is 0.883. The van der Waals surface area contributed by atoms with E-state index in [1.54, 1.807) is 11.3 Å². The van der Waals surface area contributed by atoms with E-state index in [9.17, 15) is 0 Å². The molecule has 5 heteroatoms. The molecule has 0 aliphatic rings. The molecule has 2 aromatic rings. The van der Waals surface area contributed by atoms with E-state index in [4.69, 9.17) is 0 Å². The molecule has 1 aromatic carbocycles. The molecular formula is C12H14BrN3S. The molecule has 0 unspecified atom stereocenters. The highest BCUT2D eigenvalue weighted by Crippen LogP contribution is 2.23. The summed E-state index contributed by atoms with van der Waals surface area (Å²) in [5.74, 6) is 0. The number of aromatic nitrogens is 1. The Kier molecular flexibility index (Phi) is 4.53. The highest BCUT2D eigenvalue weighted by Gasteiger charge is 2.02. The monoisotopic (exact) mass is 311 g/mol. The van der Waals surface area contributed by atoms with E-state index >= 15 is 0 Å². The molecule has 0 amide bonds. The molecule has 0 fully saturated rings. The second kappa shape index (κ2) is 6.14. The minimum atomic E-state index is 0.827. The Balaban J connectivity index is 2.01. The van der Waals surface area contributed by atoms with Crippen LogP contribution in [0.5, 0.6) is 0 Å². The van der Waals surface area contributed by atoms with Gasteiger partial charge >= 0.3 is 0 Å². The first-order valence-corrected chi connectivity index (χ1v) is 7.13. The Hall–Kier alpha value is -0.910. The molecule has 0 saturated heterocycles. The third-order valence-electron chi connectivity index (χ3n) is 2.18. The van der Waals surface area contributed by atoms with Crippen LogP contribution in [0.1, 0.15) is 12.6 Å². The van der Waals surface area contributed by atoms with Crippen molar-refractivity contribution >= 4 is 38.1 Å². The van der Waals surface area contributed by atoms with Crippen molar-refractivity contribution in [3.8, 4) is 0 Å². The summed E-state index contributed by atoms with van der Waals surface area (Å²) in [6.07, 6.45) is 0. The van der Waals surface area contributed by atoms with Crippen molar-refractivity contribution in [1.82, 2.24) is 10.3 Å². The van der Waals surface area contributed by atoms with Crippen LogP contribution in [-0.2, 0) is 6.54 Å². The Labute approximate surface area is 113 Å². The number of anilines is 2. The molecule has 1 heterocycles. The maximum absolute atomic E-state index is 4.50. The van der Waals surface area contributed by atoms with Gasteiger partial charge in [-0.05, 0) is 24.7 Å². The molecule has 17 heavy (non-hydrogen) atoms. The maximum atomic E-state index is 4.50. The lowest BCUT2D eigenvalue weighted by atomic mass is 10.3. The summed E-state index contributed by atoms with van der Waals surface area (Å²) in [6.45, 7) is 3.88. The van der Waals surface area contributed by atoms with Crippen molar-refractivity contribution in [2.45, 2.75) is 13.5 Å². The minimum absolute atomic E-state index is 0.827. The fraction of sp³-hybridized carbons (Fsp3) is 0.250. The van der Waals surface area contributed by atoms with Crippen molar-refractivity contribution in [2.24, 2.45) is 0 Å². The van der Waals surface area contributed by atoms with Gasteiger partial charge in [-0.25, -0.2) is 4.98 Å². The number of hydrogen-bond acceptors (Lipinski definition) is 4. The summed E-state index contributed by atoms with van der Waals surface area (Å²) in [7, 11) is 0. The lowest BCUT2D eigenvalue weighted by Gasteiger charge is -2.02. The lowest BCUT2D eigenvalue weighted by Crippen LogP contribution is -2.11. The summed E-state index contributed by atoms with van der Waals surface area (Å²) in [4.78, 5) is 4.50. The second-order valence-electron chi connectivity index (χ2n) is 3.56. The molecule has 0 bridgehead atoms. The van der Waals surface area contributed by atoms with E-state index in [1.165, 1.54) is 0 Å². The molecular weight excluding hydrogens is 298 g/mol. The highest BCUT2D eigenvalue weighted by molar-refractivity contribution is 9.10. The van der Waals surface area contributed by atoms with Crippen LogP contribution >= 0.6 is 27.3 Å². The summed E-state index contributed by atoms with van der Waals surface area (Å²) in [6, 6.07) is 8.06. The van der Waals surface area contributed by atoms with E-state index in [2.05, 4.69) is 43.9 Å². The van der Waals surface area contributed by atoms with Gasteiger partial charge in [0.2, 0.25) is 0 Å². The van der Waals surface area contributed by atoms with E-state index < -0.39 is 0 Å². The van der Waals surface area contributed by atoms with Crippen LogP contribution < -0.4 is 10.6 Å². The third-order valence-corrected chi connectivity index (χ3v) is 3.48. The van der Waals surface area contributed by atoms with Gasteiger partial charge in [0.1, 0.15) is 0 Å².